The highest BCUT2D eigenvalue weighted by Crippen LogP contribution is 2.07. The number of aromatic amines is 1. The molecule has 0 saturated carbocycles. The normalized spacial score (nSPS) is 10.7. The fourth-order valence-corrected chi connectivity index (χ4v) is 1.82. The topological polar surface area (TPSA) is 58.0 Å². The Labute approximate surface area is 99.5 Å². The molecule has 0 bridgehead atoms. The number of nitrogens with one attached hydrogen (secondary N) is 1. The summed E-state index contributed by atoms with van der Waals surface area (Å²) in [6.07, 6.45) is 2.06. The van der Waals surface area contributed by atoms with Gasteiger partial charge in [0, 0.05) is 24.8 Å². The summed E-state index contributed by atoms with van der Waals surface area (Å²) < 4.78 is 1.56. The number of hydrogen-bond donors (Lipinski definition) is 2. The number of H-pyrrole nitrogens is 1. The molecule has 4 heteroatoms. The summed E-state index contributed by atoms with van der Waals surface area (Å²) in [4.78, 5) is 11.9. The van der Waals surface area contributed by atoms with Crippen molar-refractivity contribution in [2.75, 3.05) is 6.61 Å². The predicted octanol–water partition coefficient (Wildman–Crippen LogP) is 1.07. The largest absolute Gasteiger partial charge is 0.396 e. The van der Waals surface area contributed by atoms with E-state index < -0.39 is 0 Å². The van der Waals surface area contributed by atoms with Crippen LogP contribution in [0.4, 0.5) is 0 Å². The van der Waals surface area contributed by atoms with E-state index >= 15 is 0 Å². The molecule has 0 fully saturated rings. The van der Waals surface area contributed by atoms with Gasteiger partial charge >= 0.3 is 0 Å². The standard InChI is InChI=1S/C13H16N2O2/c1-10-4-2-3-5-12(10)9-15-13(17)11(6-7-16)8-14-15/h2-5,8,14,16H,6-7,9H2,1H3. The van der Waals surface area contributed by atoms with E-state index in [0.717, 1.165) is 11.1 Å². The smallest absolute Gasteiger partial charge is 0.270 e. The zero-order chi connectivity index (χ0) is 12.3. The van der Waals surface area contributed by atoms with Crippen LogP contribution in [0.2, 0.25) is 0 Å². The van der Waals surface area contributed by atoms with Crippen molar-refractivity contribution in [1.82, 2.24) is 9.78 Å². The Morgan fingerprint density at radius 2 is 2.06 bits per heavy atom. The first-order valence-electron chi connectivity index (χ1n) is 5.65. The fraction of sp³-hybridized carbons (Fsp3) is 0.308. The van der Waals surface area contributed by atoms with Crippen molar-refractivity contribution in [3.63, 3.8) is 0 Å². The monoisotopic (exact) mass is 232 g/mol. The molecule has 2 N–H and O–H groups in total. The molecular formula is C13H16N2O2. The van der Waals surface area contributed by atoms with Crippen LogP contribution in [0.15, 0.2) is 35.3 Å². The molecule has 4 nitrogen and oxygen atoms in total. The van der Waals surface area contributed by atoms with Gasteiger partial charge in [0.15, 0.2) is 0 Å². The van der Waals surface area contributed by atoms with Crippen LogP contribution in [0.25, 0.3) is 0 Å². The molecule has 90 valence electrons. The third kappa shape index (κ3) is 2.47. The number of nitrogens with zero attached hydrogens (tertiary/aromatic N) is 1. The number of rotatable bonds is 4. The summed E-state index contributed by atoms with van der Waals surface area (Å²) in [5.41, 5.74) is 2.85. The van der Waals surface area contributed by atoms with Crippen LogP contribution < -0.4 is 5.56 Å². The molecule has 1 aromatic heterocycles. The molecule has 2 rings (SSSR count). The van der Waals surface area contributed by atoms with Gasteiger partial charge in [0.25, 0.3) is 5.56 Å². The second-order valence-electron chi connectivity index (χ2n) is 4.09. The summed E-state index contributed by atoms with van der Waals surface area (Å²) in [5, 5.41) is 11.8. The molecule has 0 unspecified atom stereocenters. The van der Waals surface area contributed by atoms with Crippen molar-refractivity contribution in [2.24, 2.45) is 0 Å². The van der Waals surface area contributed by atoms with Gasteiger partial charge < -0.3 is 10.2 Å². The Hall–Kier alpha value is -1.81. The summed E-state index contributed by atoms with van der Waals surface area (Å²) >= 11 is 0. The molecule has 1 heterocycles. The van der Waals surface area contributed by atoms with E-state index in [-0.39, 0.29) is 12.2 Å². The maximum absolute atomic E-state index is 11.9. The Bertz CT molecular complexity index is 555. The van der Waals surface area contributed by atoms with Gasteiger partial charge in [-0.05, 0) is 18.1 Å². The molecule has 0 atom stereocenters. The van der Waals surface area contributed by atoms with Crippen molar-refractivity contribution in [1.29, 1.82) is 0 Å². The van der Waals surface area contributed by atoms with E-state index in [1.54, 1.807) is 10.9 Å². The highest BCUT2D eigenvalue weighted by Gasteiger charge is 2.06. The minimum Gasteiger partial charge on any atom is -0.396 e. The van der Waals surface area contributed by atoms with Crippen molar-refractivity contribution >= 4 is 0 Å². The van der Waals surface area contributed by atoms with Gasteiger partial charge in [-0.2, -0.15) is 0 Å². The van der Waals surface area contributed by atoms with Crippen LogP contribution in [0.5, 0.6) is 0 Å². The molecule has 0 aliphatic rings. The zero-order valence-corrected chi connectivity index (χ0v) is 9.81. The zero-order valence-electron chi connectivity index (χ0n) is 9.81. The number of aliphatic hydroxyl groups is 1. The first-order valence-corrected chi connectivity index (χ1v) is 5.65. The molecule has 0 radical (unpaired) electrons. The van der Waals surface area contributed by atoms with E-state index in [4.69, 9.17) is 5.11 Å². The number of hydrogen-bond acceptors (Lipinski definition) is 2. The summed E-state index contributed by atoms with van der Waals surface area (Å²) in [6, 6.07) is 7.98. The molecular weight excluding hydrogens is 216 g/mol. The van der Waals surface area contributed by atoms with Crippen LogP contribution >= 0.6 is 0 Å². The molecule has 0 saturated heterocycles. The lowest BCUT2D eigenvalue weighted by molar-refractivity contribution is 0.299. The molecule has 2 aromatic rings. The van der Waals surface area contributed by atoms with Crippen LogP contribution in [0.3, 0.4) is 0 Å². The quantitative estimate of drug-likeness (QED) is 0.828. The lowest BCUT2D eigenvalue weighted by Gasteiger charge is -2.05. The second-order valence-corrected chi connectivity index (χ2v) is 4.09. The van der Waals surface area contributed by atoms with Gasteiger partial charge in [0.2, 0.25) is 0 Å². The van der Waals surface area contributed by atoms with Gasteiger partial charge in [-0.3, -0.25) is 4.79 Å². The maximum atomic E-state index is 11.9. The van der Waals surface area contributed by atoms with E-state index in [0.29, 0.717) is 18.5 Å². The average Bonchev–Trinajstić information content (AvgIpc) is 2.65. The number of aliphatic hydroxyl groups excluding tert-OH is 1. The lowest BCUT2D eigenvalue weighted by atomic mass is 10.1. The van der Waals surface area contributed by atoms with Crippen LogP contribution in [-0.4, -0.2) is 21.5 Å². The number of aryl methyl sites for hydroxylation is 1. The van der Waals surface area contributed by atoms with Crippen molar-refractivity contribution < 1.29 is 5.11 Å². The van der Waals surface area contributed by atoms with E-state index in [1.165, 1.54) is 0 Å². The predicted molar refractivity (Wildman–Crippen MR) is 66.1 cm³/mol. The van der Waals surface area contributed by atoms with Crippen molar-refractivity contribution in [3.05, 3.63) is 57.5 Å². The second kappa shape index (κ2) is 5.01. The molecule has 1 aromatic carbocycles. The third-order valence-electron chi connectivity index (χ3n) is 2.89. The first kappa shape index (κ1) is 11.7. The van der Waals surface area contributed by atoms with Gasteiger partial charge in [-0.1, -0.05) is 24.3 Å². The Kier molecular flexibility index (Phi) is 3.44. The molecule has 0 aliphatic heterocycles. The van der Waals surface area contributed by atoms with E-state index in [2.05, 4.69) is 5.10 Å². The molecule has 0 aliphatic carbocycles. The summed E-state index contributed by atoms with van der Waals surface area (Å²) in [6.45, 7) is 2.56. The van der Waals surface area contributed by atoms with Gasteiger partial charge in [0.1, 0.15) is 0 Å². The van der Waals surface area contributed by atoms with Crippen molar-refractivity contribution in [2.45, 2.75) is 19.9 Å². The molecule has 17 heavy (non-hydrogen) atoms. The van der Waals surface area contributed by atoms with Gasteiger partial charge in [-0.25, -0.2) is 4.68 Å². The highest BCUT2D eigenvalue weighted by atomic mass is 16.3. The Morgan fingerprint density at radius 1 is 1.29 bits per heavy atom. The summed E-state index contributed by atoms with van der Waals surface area (Å²) in [7, 11) is 0. The third-order valence-corrected chi connectivity index (χ3v) is 2.89. The minimum absolute atomic E-state index is 0.00252. The van der Waals surface area contributed by atoms with Crippen LogP contribution in [0.1, 0.15) is 16.7 Å². The molecule has 0 amide bonds. The molecule has 0 spiro atoms. The maximum Gasteiger partial charge on any atom is 0.270 e. The number of aromatic nitrogens is 2. The van der Waals surface area contributed by atoms with E-state index in [9.17, 15) is 4.79 Å². The first-order chi connectivity index (χ1) is 8.22. The Balaban J connectivity index is 2.25. The SMILES string of the molecule is Cc1ccccc1Cn1[nH]cc(CCO)c1=O. The highest BCUT2D eigenvalue weighted by molar-refractivity contribution is 5.25. The van der Waals surface area contributed by atoms with E-state index in [1.807, 2.05) is 31.2 Å². The van der Waals surface area contributed by atoms with Crippen LogP contribution in [-0.2, 0) is 13.0 Å². The minimum atomic E-state index is -0.0534. The summed E-state index contributed by atoms with van der Waals surface area (Å²) in [5.74, 6) is 0. The van der Waals surface area contributed by atoms with Crippen LogP contribution in [0, 0.1) is 6.92 Å². The van der Waals surface area contributed by atoms with Gasteiger partial charge in [0.05, 0.1) is 6.54 Å². The Morgan fingerprint density at radius 3 is 2.76 bits per heavy atom. The van der Waals surface area contributed by atoms with Gasteiger partial charge in [-0.15, -0.1) is 0 Å². The number of benzene rings is 1. The van der Waals surface area contributed by atoms with Crippen molar-refractivity contribution in [3.8, 4) is 0 Å². The fourth-order valence-electron chi connectivity index (χ4n) is 1.82. The average molecular weight is 232 g/mol. The lowest BCUT2D eigenvalue weighted by Crippen LogP contribution is -2.20.